The van der Waals surface area contributed by atoms with E-state index < -0.39 is 17.9 Å². The van der Waals surface area contributed by atoms with Crippen molar-refractivity contribution in [2.24, 2.45) is 5.92 Å². The second-order valence-electron chi connectivity index (χ2n) is 4.99. The SMILES string of the molecule is CCOC(=O)C(CCc1ccc(OC(C)C)cc1)C(=O)O. The summed E-state index contributed by atoms with van der Waals surface area (Å²) >= 11 is 0. The third kappa shape index (κ3) is 5.85. The average molecular weight is 294 g/mol. The number of rotatable bonds is 8. The number of benzene rings is 1. The summed E-state index contributed by atoms with van der Waals surface area (Å²) in [6, 6.07) is 7.44. The standard InChI is InChI=1S/C16H22O5/c1-4-20-16(19)14(15(17)18)10-7-12-5-8-13(9-6-12)21-11(2)3/h5-6,8-9,11,14H,4,7,10H2,1-3H3,(H,17,18). The summed E-state index contributed by atoms with van der Waals surface area (Å²) in [4.78, 5) is 22.6. The third-order valence-corrected chi connectivity index (χ3v) is 2.89. The number of hydrogen-bond donors (Lipinski definition) is 1. The van der Waals surface area contributed by atoms with E-state index in [0.717, 1.165) is 11.3 Å². The molecule has 0 aliphatic heterocycles. The first-order valence-corrected chi connectivity index (χ1v) is 7.09. The molecule has 1 rings (SSSR count). The van der Waals surface area contributed by atoms with Gasteiger partial charge in [-0.05, 0) is 51.3 Å². The number of esters is 1. The molecular weight excluding hydrogens is 272 g/mol. The van der Waals surface area contributed by atoms with Gasteiger partial charge in [-0.1, -0.05) is 12.1 Å². The summed E-state index contributed by atoms with van der Waals surface area (Å²) in [6.07, 6.45) is 0.826. The van der Waals surface area contributed by atoms with Crippen molar-refractivity contribution in [1.29, 1.82) is 0 Å². The van der Waals surface area contributed by atoms with E-state index in [4.69, 9.17) is 14.6 Å². The Labute approximate surface area is 124 Å². The molecule has 0 radical (unpaired) electrons. The van der Waals surface area contributed by atoms with Crippen LogP contribution in [0.4, 0.5) is 0 Å². The van der Waals surface area contributed by atoms with Crippen LogP contribution in [0.25, 0.3) is 0 Å². The fraction of sp³-hybridized carbons (Fsp3) is 0.500. The zero-order chi connectivity index (χ0) is 15.8. The van der Waals surface area contributed by atoms with Gasteiger partial charge in [0, 0.05) is 0 Å². The molecule has 0 heterocycles. The maximum Gasteiger partial charge on any atom is 0.320 e. The van der Waals surface area contributed by atoms with Crippen LogP contribution in [0, 0.1) is 5.92 Å². The molecule has 5 heteroatoms. The van der Waals surface area contributed by atoms with Crippen molar-refractivity contribution in [2.75, 3.05) is 6.61 Å². The van der Waals surface area contributed by atoms with Crippen LogP contribution in [0.1, 0.15) is 32.8 Å². The van der Waals surface area contributed by atoms with Gasteiger partial charge in [-0.25, -0.2) is 0 Å². The van der Waals surface area contributed by atoms with Gasteiger partial charge in [0.15, 0.2) is 5.92 Å². The number of carboxylic acids is 1. The Morgan fingerprint density at radius 1 is 1.19 bits per heavy atom. The summed E-state index contributed by atoms with van der Waals surface area (Å²) in [5.41, 5.74) is 0.960. The van der Waals surface area contributed by atoms with Crippen LogP contribution in [0.5, 0.6) is 5.75 Å². The molecule has 1 atom stereocenters. The summed E-state index contributed by atoms with van der Waals surface area (Å²) in [7, 11) is 0. The Balaban J connectivity index is 2.59. The van der Waals surface area contributed by atoms with E-state index >= 15 is 0 Å². The number of aliphatic carboxylic acids is 1. The third-order valence-electron chi connectivity index (χ3n) is 2.89. The summed E-state index contributed by atoms with van der Waals surface area (Å²) in [6.45, 7) is 5.74. The van der Waals surface area contributed by atoms with Gasteiger partial charge in [-0.2, -0.15) is 0 Å². The summed E-state index contributed by atoms with van der Waals surface area (Å²) in [5, 5.41) is 9.07. The Morgan fingerprint density at radius 2 is 1.81 bits per heavy atom. The fourth-order valence-corrected chi connectivity index (χ4v) is 1.90. The van der Waals surface area contributed by atoms with E-state index in [1.807, 2.05) is 38.1 Å². The van der Waals surface area contributed by atoms with Crippen LogP contribution in [-0.2, 0) is 20.7 Å². The molecule has 1 aromatic carbocycles. The van der Waals surface area contributed by atoms with Crippen LogP contribution in [0.15, 0.2) is 24.3 Å². The van der Waals surface area contributed by atoms with E-state index in [9.17, 15) is 9.59 Å². The molecule has 0 aromatic heterocycles. The summed E-state index contributed by atoms with van der Waals surface area (Å²) < 4.78 is 10.3. The van der Waals surface area contributed by atoms with E-state index in [0.29, 0.717) is 6.42 Å². The highest BCUT2D eigenvalue weighted by molar-refractivity contribution is 5.93. The van der Waals surface area contributed by atoms with Crippen LogP contribution < -0.4 is 4.74 Å². The topological polar surface area (TPSA) is 72.8 Å². The molecule has 1 N–H and O–H groups in total. The number of carbonyl (C=O) groups is 2. The van der Waals surface area contributed by atoms with Gasteiger partial charge in [0.1, 0.15) is 5.75 Å². The normalized spacial score (nSPS) is 12.0. The molecule has 0 saturated heterocycles. The van der Waals surface area contributed by atoms with Gasteiger partial charge in [0.05, 0.1) is 12.7 Å². The lowest BCUT2D eigenvalue weighted by Crippen LogP contribution is -2.26. The largest absolute Gasteiger partial charge is 0.491 e. The van der Waals surface area contributed by atoms with Gasteiger partial charge < -0.3 is 14.6 Å². The molecule has 21 heavy (non-hydrogen) atoms. The Morgan fingerprint density at radius 3 is 2.29 bits per heavy atom. The number of carbonyl (C=O) groups excluding carboxylic acids is 1. The van der Waals surface area contributed by atoms with Gasteiger partial charge >= 0.3 is 11.9 Å². The number of carboxylic acid groups (broad SMARTS) is 1. The van der Waals surface area contributed by atoms with Crippen LogP contribution >= 0.6 is 0 Å². The lowest BCUT2D eigenvalue weighted by atomic mass is 9.99. The number of aryl methyl sites for hydroxylation is 1. The van der Waals surface area contributed by atoms with E-state index in [1.54, 1.807) is 6.92 Å². The van der Waals surface area contributed by atoms with E-state index in [1.165, 1.54) is 0 Å². The van der Waals surface area contributed by atoms with Gasteiger partial charge in [0.2, 0.25) is 0 Å². The second kappa shape index (κ2) is 8.29. The fourth-order valence-electron chi connectivity index (χ4n) is 1.90. The average Bonchev–Trinajstić information content (AvgIpc) is 2.40. The van der Waals surface area contributed by atoms with Gasteiger partial charge in [-0.3, -0.25) is 9.59 Å². The molecule has 1 aromatic rings. The first kappa shape index (κ1) is 17.0. The Hall–Kier alpha value is -2.04. The predicted molar refractivity (Wildman–Crippen MR) is 78.3 cm³/mol. The van der Waals surface area contributed by atoms with Crippen molar-refractivity contribution in [3.8, 4) is 5.75 Å². The minimum atomic E-state index is -1.15. The number of hydrogen-bond acceptors (Lipinski definition) is 4. The molecule has 0 amide bonds. The van der Waals surface area contributed by atoms with Gasteiger partial charge in [-0.15, -0.1) is 0 Å². The van der Waals surface area contributed by atoms with Crippen LogP contribution in [0.2, 0.25) is 0 Å². The lowest BCUT2D eigenvalue weighted by Gasteiger charge is -2.12. The molecule has 0 aliphatic rings. The highest BCUT2D eigenvalue weighted by Crippen LogP contribution is 2.17. The van der Waals surface area contributed by atoms with Gasteiger partial charge in [0.25, 0.3) is 0 Å². The molecule has 5 nitrogen and oxygen atoms in total. The zero-order valence-corrected chi connectivity index (χ0v) is 12.7. The highest BCUT2D eigenvalue weighted by Gasteiger charge is 2.27. The Kier molecular flexibility index (Phi) is 6.72. The zero-order valence-electron chi connectivity index (χ0n) is 12.7. The maximum atomic E-state index is 11.6. The smallest absolute Gasteiger partial charge is 0.320 e. The molecule has 116 valence electrons. The predicted octanol–water partition coefficient (Wildman–Crippen LogP) is 2.67. The van der Waals surface area contributed by atoms with Crippen LogP contribution in [-0.4, -0.2) is 29.8 Å². The first-order valence-electron chi connectivity index (χ1n) is 7.09. The van der Waals surface area contributed by atoms with Crippen molar-refractivity contribution >= 4 is 11.9 Å². The van der Waals surface area contributed by atoms with Crippen molar-refractivity contribution in [3.63, 3.8) is 0 Å². The molecule has 0 aliphatic carbocycles. The monoisotopic (exact) mass is 294 g/mol. The maximum absolute atomic E-state index is 11.6. The van der Waals surface area contributed by atoms with E-state index in [2.05, 4.69) is 0 Å². The molecule has 0 bridgehead atoms. The molecule has 0 spiro atoms. The minimum Gasteiger partial charge on any atom is -0.491 e. The Bertz CT molecular complexity index is 464. The second-order valence-corrected chi connectivity index (χ2v) is 4.99. The number of ether oxygens (including phenoxy) is 2. The molecule has 1 unspecified atom stereocenters. The molecular formula is C16H22O5. The quantitative estimate of drug-likeness (QED) is 0.589. The van der Waals surface area contributed by atoms with Crippen molar-refractivity contribution in [1.82, 2.24) is 0 Å². The van der Waals surface area contributed by atoms with Crippen molar-refractivity contribution < 1.29 is 24.2 Å². The minimum absolute atomic E-state index is 0.107. The molecule has 0 saturated carbocycles. The van der Waals surface area contributed by atoms with Crippen LogP contribution in [0.3, 0.4) is 0 Å². The van der Waals surface area contributed by atoms with E-state index in [-0.39, 0.29) is 19.1 Å². The van der Waals surface area contributed by atoms with Crippen molar-refractivity contribution in [3.05, 3.63) is 29.8 Å². The molecule has 0 fully saturated rings. The summed E-state index contributed by atoms with van der Waals surface area (Å²) in [5.74, 6) is -2.16. The first-order chi connectivity index (χ1) is 9.93. The van der Waals surface area contributed by atoms with Crippen molar-refractivity contribution in [2.45, 2.75) is 39.7 Å². The highest BCUT2D eigenvalue weighted by atomic mass is 16.5. The lowest BCUT2D eigenvalue weighted by molar-refractivity contribution is -0.158.